The first kappa shape index (κ1) is 13.0. The van der Waals surface area contributed by atoms with Crippen LogP contribution in [-0.2, 0) is 13.0 Å². The summed E-state index contributed by atoms with van der Waals surface area (Å²) in [4.78, 5) is 2.27. The van der Waals surface area contributed by atoms with Gasteiger partial charge in [-0.05, 0) is 37.2 Å². The maximum Gasteiger partial charge on any atom is 0.139 e. The Labute approximate surface area is 120 Å². The van der Waals surface area contributed by atoms with Gasteiger partial charge in [0, 0.05) is 6.54 Å². The molecule has 2 aromatic carbocycles. The lowest BCUT2D eigenvalue weighted by Gasteiger charge is -2.17. The van der Waals surface area contributed by atoms with Gasteiger partial charge in [-0.15, -0.1) is 0 Å². The van der Waals surface area contributed by atoms with Crippen molar-refractivity contribution in [1.29, 1.82) is 0 Å². The molecule has 103 valence electrons. The second-order valence-electron chi connectivity index (χ2n) is 5.05. The number of rotatable bonds is 5. The standard InChI is InChI=1S/C17H20N3/c1-18-11-10-15-8-5-9-16-17(15)19-13-20(16)12-14-6-3-2-4-7-14/h2-9,13,18-19H,10-12H2,1H3. The molecule has 0 atom stereocenters. The van der Waals surface area contributed by atoms with Crippen LogP contribution >= 0.6 is 0 Å². The van der Waals surface area contributed by atoms with Crippen molar-refractivity contribution >= 4 is 11.4 Å². The number of nitrogens with zero attached hydrogens (tertiary/aromatic N) is 1. The van der Waals surface area contributed by atoms with Crippen LogP contribution in [0.5, 0.6) is 0 Å². The zero-order valence-corrected chi connectivity index (χ0v) is 11.8. The van der Waals surface area contributed by atoms with Gasteiger partial charge in [0.2, 0.25) is 0 Å². The molecule has 3 heteroatoms. The van der Waals surface area contributed by atoms with E-state index < -0.39 is 0 Å². The monoisotopic (exact) mass is 266 g/mol. The minimum absolute atomic E-state index is 0.899. The Morgan fingerprint density at radius 2 is 1.90 bits per heavy atom. The second-order valence-corrected chi connectivity index (χ2v) is 5.05. The Hall–Kier alpha value is -2.00. The largest absolute Gasteiger partial charge is 0.360 e. The van der Waals surface area contributed by atoms with E-state index in [9.17, 15) is 0 Å². The third-order valence-corrected chi connectivity index (χ3v) is 3.64. The predicted molar refractivity (Wildman–Crippen MR) is 84.6 cm³/mol. The molecule has 3 rings (SSSR count). The first-order valence-electron chi connectivity index (χ1n) is 7.05. The highest BCUT2D eigenvalue weighted by atomic mass is 15.3. The maximum atomic E-state index is 3.42. The van der Waals surface area contributed by atoms with Gasteiger partial charge >= 0.3 is 0 Å². The van der Waals surface area contributed by atoms with Crippen molar-refractivity contribution in [2.24, 2.45) is 0 Å². The quantitative estimate of drug-likeness (QED) is 0.871. The first-order valence-corrected chi connectivity index (χ1v) is 7.05. The van der Waals surface area contributed by atoms with Crippen LogP contribution in [0.1, 0.15) is 11.1 Å². The van der Waals surface area contributed by atoms with E-state index in [2.05, 4.69) is 70.7 Å². The molecule has 0 unspecified atom stereocenters. The van der Waals surface area contributed by atoms with E-state index in [1.165, 1.54) is 22.5 Å². The van der Waals surface area contributed by atoms with E-state index in [0.29, 0.717) is 0 Å². The molecule has 1 aliphatic heterocycles. The topological polar surface area (TPSA) is 27.3 Å². The highest BCUT2D eigenvalue weighted by Gasteiger charge is 2.21. The predicted octanol–water partition coefficient (Wildman–Crippen LogP) is 3.00. The Balaban J connectivity index is 1.80. The van der Waals surface area contributed by atoms with Crippen LogP contribution in [0.15, 0.2) is 48.5 Å². The van der Waals surface area contributed by atoms with Crippen LogP contribution in [0.2, 0.25) is 0 Å². The van der Waals surface area contributed by atoms with Crippen molar-refractivity contribution in [3.8, 4) is 0 Å². The molecule has 0 spiro atoms. The number of fused-ring (bicyclic) bond motifs is 1. The summed E-state index contributed by atoms with van der Waals surface area (Å²) < 4.78 is 0. The van der Waals surface area contributed by atoms with Crippen molar-refractivity contribution in [3.05, 3.63) is 66.3 Å². The van der Waals surface area contributed by atoms with Crippen molar-refractivity contribution in [2.45, 2.75) is 13.0 Å². The van der Waals surface area contributed by atoms with Gasteiger partial charge in [-0.25, -0.2) is 0 Å². The normalized spacial score (nSPS) is 13.2. The van der Waals surface area contributed by atoms with Gasteiger partial charge in [0.1, 0.15) is 6.67 Å². The lowest BCUT2D eigenvalue weighted by molar-refractivity contribution is 0.793. The summed E-state index contributed by atoms with van der Waals surface area (Å²) in [6, 6.07) is 17.1. The highest BCUT2D eigenvalue weighted by molar-refractivity contribution is 5.80. The molecule has 0 amide bonds. The summed E-state index contributed by atoms with van der Waals surface area (Å²) in [5.74, 6) is 0. The smallest absolute Gasteiger partial charge is 0.139 e. The van der Waals surface area contributed by atoms with Gasteiger partial charge in [-0.3, -0.25) is 0 Å². The van der Waals surface area contributed by atoms with Crippen LogP contribution in [-0.4, -0.2) is 13.6 Å². The number of benzene rings is 2. The molecule has 0 saturated carbocycles. The van der Waals surface area contributed by atoms with Gasteiger partial charge in [-0.1, -0.05) is 42.5 Å². The number of hydrogen-bond acceptors (Lipinski definition) is 3. The molecule has 20 heavy (non-hydrogen) atoms. The number of likely N-dealkylation sites (N-methyl/N-ethyl adjacent to an activating group) is 1. The average molecular weight is 266 g/mol. The molecule has 1 aliphatic rings. The Bertz CT molecular complexity index is 566. The summed E-state index contributed by atoms with van der Waals surface area (Å²) in [5.41, 5.74) is 5.20. The number of hydrogen-bond donors (Lipinski definition) is 2. The third-order valence-electron chi connectivity index (χ3n) is 3.64. The Kier molecular flexibility index (Phi) is 3.88. The molecule has 0 bridgehead atoms. The van der Waals surface area contributed by atoms with Crippen molar-refractivity contribution < 1.29 is 0 Å². The maximum absolute atomic E-state index is 3.42. The van der Waals surface area contributed by atoms with Crippen molar-refractivity contribution in [2.75, 3.05) is 23.8 Å². The Morgan fingerprint density at radius 1 is 1.05 bits per heavy atom. The molecule has 3 nitrogen and oxygen atoms in total. The number of para-hydroxylation sites is 1. The van der Waals surface area contributed by atoms with E-state index in [1.807, 2.05) is 7.05 Å². The molecule has 0 fully saturated rings. The van der Waals surface area contributed by atoms with Crippen LogP contribution in [0.4, 0.5) is 11.4 Å². The average Bonchev–Trinajstić information content (AvgIpc) is 2.90. The Morgan fingerprint density at radius 3 is 2.70 bits per heavy atom. The summed E-state index contributed by atoms with van der Waals surface area (Å²) in [6.45, 7) is 3.97. The fraction of sp³-hybridized carbons (Fsp3) is 0.235. The first-order chi connectivity index (χ1) is 9.88. The van der Waals surface area contributed by atoms with E-state index in [-0.39, 0.29) is 0 Å². The molecule has 0 aromatic heterocycles. The lowest BCUT2D eigenvalue weighted by Crippen LogP contribution is -2.16. The third kappa shape index (κ3) is 2.63. The SMILES string of the molecule is CNCCc1cccc2c1N[CH]N2Cc1ccccc1. The lowest BCUT2D eigenvalue weighted by atomic mass is 10.1. The molecule has 2 aromatic rings. The summed E-state index contributed by atoms with van der Waals surface area (Å²) in [7, 11) is 1.99. The number of nitrogens with one attached hydrogen (secondary N) is 2. The van der Waals surface area contributed by atoms with E-state index >= 15 is 0 Å². The molecule has 0 saturated heterocycles. The van der Waals surface area contributed by atoms with Crippen LogP contribution in [0.25, 0.3) is 0 Å². The molecule has 1 heterocycles. The summed E-state index contributed by atoms with van der Waals surface area (Å²) in [6.07, 6.45) is 1.04. The van der Waals surface area contributed by atoms with Crippen molar-refractivity contribution in [3.63, 3.8) is 0 Å². The van der Waals surface area contributed by atoms with Gasteiger partial charge in [0.05, 0.1) is 11.4 Å². The van der Waals surface area contributed by atoms with Gasteiger partial charge in [0.25, 0.3) is 0 Å². The summed E-state index contributed by atoms with van der Waals surface area (Å²) >= 11 is 0. The zero-order chi connectivity index (χ0) is 13.8. The number of anilines is 2. The minimum Gasteiger partial charge on any atom is -0.360 e. The van der Waals surface area contributed by atoms with E-state index in [0.717, 1.165) is 19.5 Å². The van der Waals surface area contributed by atoms with Crippen LogP contribution < -0.4 is 15.5 Å². The van der Waals surface area contributed by atoms with Crippen molar-refractivity contribution in [1.82, 2.24) is 5.32 Å². The van der Waals surface area contributed by atoms with Gasteiger partial charge < -0.3 is 15.5 Å². The van der Waals surface area contributed by atoms with Crippen LogP contribution in [0, 0.1) is 6.67 Å². The van der Waals surface area contributed by atoms with Crippen LogP contribution in [0.3, 0.4) is 0 Å². The zero-order valence-electron chi connectivity index (χ0n) is 11.8. The molecule has 2 N–H and O–H groups in total. The fourth-order valence-corrected chi connectivity index (χ4v) is 2.58. The van der Waals surface area contributed by atoms with Gasteiger partial charge in [0.15, 0.2) is 0 Å². The van der Waals surface area contributed by atoms with E-state index in [1.54, 1.807) is 0 Å². The molecular formula is C17H20N3. The molecule has 1 radical (unpaired) electrons. The minimum atomic E-state index is 0.899. The summed E-state index contributed by atoms with van der Waals surface area (Å²) in [5, 5.41) is 6.63. The highest BCUT2D eigenvalue weighted by Crippen LogP contribution is 2.37. The van der Waals surface area contributed by atoms with E-state index in [4.69, 9.17) is 0 Å². The second kappa shape index (κ2) is 5.97. The van der Waals surface area contributed by atoms with Gasteiger partial charge in [-0.2, -0.15) is 0 Å². The fourth-order valence-electron chi connectivity index (χ4n) is 2.58. The molecule has 0 aliphatic carbocycles. The molecular weight excluding hydrogens is 246 g/mol.